The molecule has 3 rings (SSSR count). The number of nitrogens with one attached hydrogen (secondary N) is 1. The Labute approximate surface area is 169 Å². The van der Waals surface area contributed by atoms with Gasteiger partial charge >= 0.3 is 0 Å². The minimum absolute atomic E-state index is 0.00956. The van der Waals surface area contributed by atoms with Crippen LogP contribution in [0.15, 0.2) is 53.0 Å². The Morgan fingerprint density at radius 1 is 1.19 bits per heavy atom. The molecule has 0 aliphatic carbocycles. The average molecular weight is 429 g/mol. The number of benzene rings is 2. The first-order valence-corrected chi connectivity index (χ1v) is 10.2. The highest BCUT2D eigenvalue weighted by Crippen LogP contribution is 2.24. The van der Waals surface area contributed by atoms with E-state index in [1.165, 1.54) is 11.1 Å². The van der Waals surface area contributed by atoms with E-state index in [1.54, 1.807) is 0 Å². The van der Waals surface area contributed by atoms with Crippen LogP contribution in [0.4, 0.5) is 0 Å². The molecule has 1 unspecified atom stereocenters. The average Bonchev–Trinajstić information content (AvgIpc) is 2.97. The van der Waals surface area contributed by atoms with Gasteiger partial charge in [-0.25, -0.2) is 0 Å². The Hall–Kier alpha value is -2.14. The first kappa shape index (κ1) is 19.6. The van der Waals surface area contributed by atoms with E-state index < -0.39 is 0 Å². The third kappa shape index (κ3) is 5.67. The van der Waals surface area contributed by atoms with Gasteiger partial charge in [0.1, 0.15) is 0 Å². The largest absolute Gasteiger partial charge is 0.356 e. The zero-order valence-corrected chi connectivity index (χ0v) is 17.2. The van der Waals surface area contributed by atoms with Crippen molar-refractivity contribution in [1.82, 2.24) is 10.2 Å². The fraction of sp³-hybridized carbons (Fsp3) is 0.364. The molecule has 2 aromatic rings. The van der Waals surface area contributed by atoms with Gasteiger partial charge in [-0.3, -0.25) is 9.59 Å². The van der Waals surface area contributed by atoms with E-state index in [0.29, 0.717) is 25.9 Å². The van der Waals surface area contributed by atoms with Crippen LogP contribution in [0.25, 0.3) is 0 Å². The summed E-state index contributed by atoms with van der Waals surface area (Å²) in [4.78, 5) is 26.5. The van der Waals surface area contributed by atoms with Crippen molar-refractivity contribution >= 4 is 27.7 Å². The van der Waals surface area contributed by atoms with Crippen molar-refractivity contribution in [1.29, 1.82) is 0 Å². The summed E-state index contributed by atoms with van der Waals surface area (Å²) in [6, 6.07) is 16.3. The standard InChI is InChI=1S/C22H25BrN2O2/c1-16-5-7-18(8-6-16)15-25-20(9-10-22(25)27)14-21(26)24-12-11-17-3-2-4-19(23)13-17/h2-8,13,20H,9-12,14-15H2,1H3,(H,24,26). The summed E-state index contributed by atoms with van der Waals surface area (Å²) in [5.41, 5.74) is 3.49. The van der Waals surface area contributed by atoms with Gasteiger partial charge in [0.2, 0.25) is 11.8 Å². The number of carbonyl (C=O) groups excluding carboxylic acids is 2. The highest BCUT2D eigenvalue weighted by Gasteiger charge is 2.32. The summed E-state index contributed by atoms with van der Waals surface area (Å²) in [5, 5.41) is 2.99. The van der Waals surface area contributed by atoms with Crippen LogP contribution in [0.1, 0.15) is 36.0 Å². The fourth-order valence-corrected chi connectivity index (χ4v) is 3.88. The van der Waals surface area contributed by atoms with Gasteiger partial charge < -0.3 is 10.2 Å². The van der Waals surface area contributed by atoms with Gasteiger partial charge in [0.15, 0.2) is 0 Å². The second-order valence-electron chi connectivity index (χ2n) is 7.13. The van der Waals surface area contributed by atoms with E-state index in [9.17, 15) is 9.59 Å². The summed E-state index contributed by atoms with van der Waals surface area (Å²) in [5.74, 6) is 0.154. The van der Waals surface area contributed by atoms with E-state index >= 15 is 0 Å². The van der Waals surface area contributed by atoms with Crippen molar-refractivity contribution in [2.24, 2.45) is 0 Å². The SMILES string of the molecule is Cc1ccc(CN2C(=O)CCC2CC(=O)NCCc2cccc(Br)c2)cc1. The normalized spacial score (nSPS) is 16.6. The molecule has 1 aliphatic rings. The Morgan fingerprint density at radius 2 is 1.96 bits per heavy atom. The van der Waals surface area contributed by atoms with E-state index in [2.05, 4.69) is 57.6 Å². The number of nitrogens with zero attached hydrogens (tertiary/aromatic N) is 1. The summed E-state index contributed by atoms with van der Waals surface area (Å²) < 4.78 is 1.04. The van der Waals surface area contributed by atoms with Gasteiger partial charge in [-0.05, 0) is 43.0 Å². The van der Waals surface area contributed by atoms with Crippen LogP contribution in [-0.2, 0) is 22.6 Å². The molecule has 0 aromatic heterocycles. The number of aryl methyl sites for hydroxylation is 1. The second kappa shape index (κ2) is 9.18. The fourth-order valence-electron chi connectivity index (χ4n) is 3.44. The van der Waals surface area contributed by atoms with Crippen LogP contribution < -0.4 is 5.32 Å². The zero-order chi connectivity index (χ0) is 19.2. The van der Waals surface area contributed by atoms with Crippen molar-refractivity contribution in [3.8, 4) is 0 Å². The van der Waals surface area contributed by atoms with Crippen molar-refractivity contribution in [3.05, 3.63) is 69.7 Å². The molecule has 4 nitrogen and oxygen atoms in total. The molecule has 1 fully saturated rings. The molecule has 2 aromatic carbocycles. The van der Waals surface area contributed by atoms with E-state index in [4.69, 9.17) is 0 Å². The van der Waals surface area contributed by atoms with Crippen molar-refractivity contribution in [3.63, 3.8) is 0 Å². The van der Waals surface area contributed by atoms with Gasteiger partial charge in [0, 0.05) is 36.4 Å². The molecule has 1 heterocycles. The summed E-state index contributed by atoms with van der Waals surface area (Å²) >= 11 is 3.46. The molecule has 27 heavy (non-hydrogen) atoms. The van der Waals surface area contributed by atoms with Crippen LogP contribution in [0.3, 0.4) is 0 Å². The lowest BCUT2D eigenvalue weighted by molar-refractivity contribution is -0.130. The summed E-state index contributed by atoms with van der Waals surface area (Å²) in [6.45, 7) is 3.23. The van der Waals surface area contributed by atoms with Crippen LogP contribution in [0.5, 0.6) is 0 Å². The quantitative estimate of drug-likeness (QED) is 0.724. The van der Waals surface area contributed by atoms with Crippen molar-refractivity contribution in [2.45, 2.75) is 45.2 Å². The Morgan fingerprint density at radius 3 is 2.70 bits per heavy atom. The van der Waals surface area contributed by atoms with E-state index in [0.717, 1.165) is 22.9 Å². The van der Waals surface area contributed by atoms with Crippen LogP contribution >= 0.6 is 15.9 Å². The number of amides is 2. The molecule has 1 saturated heterocycles. The monoisotopic (exact) mass is 428 g/mol. The summed E-state index contributed by atoms with van der Waals surface area (Å²) in [6.07, 6.45) is 2.45. The predicted molar refractivity (Wildman–Crippen MR) is 110 cm³/mol. The lowest BCUT2D eigenvalue weighted by atomic mass is 10.1. The molecule has 1 N–H and O–H groups in total. The minimum Gasteiger partial charge on any atom is -0.356 e. The lowest BCUT2D eigenvalue weighted by Gasteiger charge is -2.24. The molecule has 0 bridgehead atoms. The molecular weight excluding hydrogens is 404 g/mol. The van der Waals surface area contributed by atoms with E-state index in [-0.39, 0.29) is 17.9 Å². The number of likely N-dealkylation sites (tertiary alicyclic amines) is 1. The predicted octanol–water partition coefficient (Wildman–Crippen LogP) is 4.00. The minimum atomic E-state index is -0.00956. The first-order valence-electron chi connectivity index (χ1n) is 9.37. The molecule has 0 spiro atoms. The third-order valence-electron chi connectivity index (χ3n) is 4.97. The van der Waals surface area contributed by atoms with Crippen molar-refractivity contribution in [2.75, 3.05) is 6.54 Å². The number of hydrogen-bond acceptors (Lipinski definition) is 2. The van der Waals surface area contributed by atoms with Crippen LogP contribution in [0, 0.1) is 6.92 Å². The van der Waals surface area contributed by atoms with Gasteiger partial charge in [-0.15, -0.1) is 0 Å². The van der Waals surface area contributed by atoms with Crippen LogP contribution in [0.2, 0.25) is 0 Å². The maximum atomic E-state index is 12.3. The Balaban J connectivity index is 1.49. The van der Waals surface area contributed by atoms with Gasteiger partial charge in [0.05, 0.1) is 0 Å². The molecule has 2 amide bonds. The van der Waals surface area contributed by atoms with Gasteiger partial charge in [-0.2, -0.15) is 0 Å². The van der Waals surface area contributed by atoms with Crippen molar-refractivity contribution < 1.29 is 9.59 Å². The second-order valence-corrected chi connectivity index (χ2v) is 8.05. The number of halogens is 1. The maximum Gasteiger partial charge on any atom is 0.223 e. The molecule has 0 saturated carbocycles. The first-order chi connectivity index (χ1) is 13.0. The number of carbonyl (C=O) groups is 2. The third-order valence-corrected chi connectivity index (χ3v) is 5.47. The highest BCUT2D eigenvalue weighted by atomic mass is 79.9. The lowest BCUT2D eigenvalue weighted by Crippen LogP contribution is -2.37. The zero-order valence-electron chi connectivity index (χ0n) is 15.6. The molecule has 0 radical (unpaired) electrons. The van der Waals surface area contributed by atoms with Gasteiger partial charge in [0.25, 0.3) is 0 Å². The molecule has 5 heteroatoms. The summed E-state index contributed by atoms with van der Waals surface area (Å²) in [7, 11) is 0. The van der Waals surface area contributed by atoms with E-state index in [1.807, 2.05) is 24.0 Å². The molecular formula is C22H25BrN2O2. The topological polar surface area (TPSA) is 49.4 Å². The van der Waals surface area contributed by atoms with Gasteiger partial charge in [-0.1, -0.05) is 57.9 Å². The molecule has 142 valence electrons. The highest BCUT2D eigenvalue weighted by molar-refractivity contribution is 9.10. The molecule has 1 atom stereocenters. The van der Waals surface area contributed by atoms with Crippen LogP contribution in [-0.4, -0.2) is 29.3 Å². The smallest absolute Gasteiger partial charge is 0.223 e. The molecule has 1 aliphatic heterocycles. The number of hydrogen-bond donors (Lipinski definition) is 1. The Kier molecular flexibility index (Phi) is 6.67. The maximum absolute atomic E-state index is 12.3. The Bertz CT molecular complexity index is 804. The number of rotatable bonds is 7.